The van der Waals surface area contributed by atoms with Gasteiger partial charge in [0.1, 0.15) is 5.82 Å². The fraction of sp³-hybridized carbons (Fsp3) is 0.538. The highest BCUT2D eigenvalue weighted by Gasteiger charge is 2.26. The van der Waals surface area contributed by atoms with Gasteiger partial charge in [0.25, 0.3) is 0 Å². The SMILES string of the molecule is Cc1cc(F)cc(C)c1C(Cl)CC1CC1. The molecule has 1 aliphatic rings. The van der Waals surface area contributed by atoms with Gasteiger partial charge < -0.3 is 0 Å². The first-order valence-corrected chi connectivity index (χ1v) is 5.92. The Morgan fingerprint density at radius 1 is 1.33 bits per heavy atom. The lowest BCUT2D eigenvalue weighted by molar-refractivity contribution is 0.621. The van der Waals surface area contributed by atoms with E-state index in [1.54, 1.807) is 12.1 Å². The van der Waals surface area contributed by atoms with E-state index in [1.165, 1.54) is 12.8 Å². The van der Waals surface area contributed by atoms with E-state index >= 15 is 0 Å². The fourth-order valence-electron chi connectivity index (χ4n) is 2.18. The summed E-state index contributed by atoms with van der Waals surface area (Å²) < 4.78 is 13.1. The lowest BCUT2D eigenvalue weighted by Crippen LogP contribution is -2.00. The molecule has 1 atom stereocenters. The summed E-state index contributed by atoms with van der Waals surface area (Å²) in [6.45, 7) is 3.88. The Bertz CT molecular complexity index is 346. The highest BCUT2D eigenvalue weighted by molar-refractivity contribution is 6.21. The zero-order valence-corrected chi connectivity index (χ0v) is 9.94. The summed E-state index contributed by atoms with van der Waals surface area (Å²) in [5.41, 5.74) is 3.09. The molecule has 1 aromatic rings. The molecule has 0 radical (unpaired) electrons. The van der Waals surface area contributed by atoms with E-state index in [0.29, 0.717) is 0 Å². The van der Waals surface area contributed by atoms with Crippen molar-refractivity contribution in [2.24, 2.45) is 5.92 Å². The maximum Gasteiger partial charge on any atom is 0.123 e. The summed E-state index contributed by atoms with van der Waals surface area (Å²) in [6.07, 6.45) is 3.65. The van der Waals surface area contributed by atoms with E-state index in [9.17, 15) is 4.39 Å². The summed E-state index contributed by atoms with van der Waals surface area (Å²) >= 11 is 6.38. The van der Waals surface area contributed by atoms with Crippen LogP contribution in [-0.4, -0.2) is 0 Å². The number of benzene rings is 1. The highest BCUT2D eigenvalue weighted by Crippen LogP contribution is 2.41. The van der Waals surface area contributed by atoms with Crippen molar-refractivity contribution in [3.63, 3.8) is 0 Å². The van der Waals surface area contributed by atoms with Crippen LogP contribution in [-0.2, 0) is 0 Å². The maximum atomic E-state index is 13.1. The van der Waals surface area contributed by atoms with Gasteiger partial charge in [0.2, 0.25) is 0 Å². The molecule has 0 aliphatic heterocycles. The molecule has 0 heterocycles. The number of hydrogen-bond acceptors (Lipinski definition) is 0. The Balaban J connectivity index is 2.24. The molecule has 1 aromatic carbocycles. The average Bonchev–Trinajstić information content (AvgIpc) is 2.85. The minimum atomic E-state index is -0.163. The van der Waals surface area contributed by atoms with Crippen molar-refractivity contribution in [3.05, 3.63) is 34.6 Å². The lowest BCUT2D eigenvalue weighted by atomic mass is 9.97. The van der Waals surface area contributed by atoms with E-state index in [4.69, 9.17) is 11.6 Å². The molecular weight excluding hydrogens is 211 g/mol. The van der Waals surface area contributed by atoms with Gasteiger partial charge in [-0.3, -0.25) is 0 Å². The van der Waals surface area contributed by atoms with Crippen LogP contribution in [0.4, 0.5) is 4.39 Å². The first-order chi connectivity index (χ1) is 7.08. The van der Waals surface area contributed by atoms with Crippen LogP contribution in [0.5, 0.6) is 0 Å². The topological polar surface area (TPSA) is 0 Å². The minimum absolute atomic E-state index is 0.0538. The molecule has 1 unspecified atom stereocenters. The summed E-state index contributed by atoms with van der Waals surface area (Å²) in [4.78, 5) is 0. The van der Waals surface area contributed by atoms with Gasteiger partial charge >= 0.3 is 0 Å². The maximum absolute atomic E-state index is 13.1. The predicted molar refractivity (Wildman–Crippen MR) is 61.8 cm³/mol. The molecule has 1 aliphatic carbocycles. The number of alkyl halides is 1. The third-order valence-electron chi connectivity index (χ3n) is 3.11. The van der Waals surface area contributed by atoms with Crippen LogP contribution in [0.2, 0.25) is 0 Å². The third-order valence-corrected chi connectivity index (χ3v) is 3.51. The summed E-state index contributed by atoms with van der Waals surface area (Å²) in [5.74, 6) is 0.639. The quantitative estimate of drug-likeness (QED) is 0.665. The molecule has 2 rings (SSSR count). The first kappa shape index (κ1) is 10.9. The van der Waals surface area contributed by atoms with Gasteiger partial charge in [-0.05, 0) is 55.0 Å². The van der Waals surface area contributed by atoms with E-state index in [0.717, 1.165) is 29.0 Å². The number of hydrogen-bond donors (Lipinski definition) is 0. The van der Waals surface area contributed by atoms with Crippen molar-refractivity contribution in [2.45, 2.75) is 38.5 Å². The Kier molecular flexibility index (Phi) is 3.01. The third kappa shape index (κ3) is 2.52. The molecule has 0 saturated heterocycles. The zero-order chi connectivity index (χ0) is 11.0. The van der Waals surface area contributed by atoms with Gasteiger partial charge in [-0.15, -0.1) is 11.6 Å². The summed E-state index contributed by atoms with van der Waals surface area (Å²) in [7, 11) is 0. The van der Waals surface area contributed by atoms with Crippen molar-refractivity contribution in [1.82, 2.24) is 0 Å². The van der Waals surface area contributed by atoms with Gasteiger partial charge in [-0.25, -0.2) is 4.39 Å². The Morgan fingerprint density at radius 2 is 1.87 bits per heavy atom. The van der Waals surface area contributed by atoms with Crippen LogP contribution < -0.4 is 0 Å². The van der Waals surface area contributed by atoms with Gasteiger partial charge in [0, 0.05) is 0 Å². The van der Waals surface area contributed by atoms with E-state index < -0.39 is 0 Å². The van der Waals surface area contributed by atoms with Gasteiger partial charge in [0.15, 0.2) is 0 Å². The van der Waals surface area contributed by atoms with Crippen molar-refractivity contribution in [3.8, 4) is 0 Å². The van der Waals surface area contributed by atoms with E-state index in [1.807, 2.05) is 13.8 Å². The second kappa shape index (κ2) is 4.13. The zero-order valence-electron chi connectivity index (χ0n) is 9.19. The largest absolute Gasteiger partial charge is 0.207 e. The molecule has 0 amide bonds. The minimum Gasteiger partial charge on any atom is -0.207 e. The smallest absolute Gasteiger partial charge is 0.123 e. The van der Waals surface area contributed by atoms with Crippen molar-refractivity contribution in [1.29, 1.82) is 0 Å². The molecule has 1 saturated carbocycles. The predicted octanol–water partition coefficient (Wildman–Crippen LogP) is 4.52. The molecule has 2 heteroatoms. The van der Waals surface area contributed by atoms with Gasteiger partial charge in [0.05, 0.1) is 5.38 Å². The van der Waals surface area contributed by atoms with Crippen LogP contribution in [0.15, 0.2) is 12.1 Å². The van der Waals surface area contributed by atoms with E-state index in [-0.39, 0.29) is 11.2 Å². The molecule has 0 spiro atoms. The van der Waals surface area contributed by atoms with Crippen LogP contribution in [0, 0.1) is 25.6 Å². The summed E-state index contributed by atoms with van der Waals surface area (Å²) in [5, 5.41) is 0.0538. The molecule has 15 heavy (non-hydrogen) atoms. The summed E-state index contributed by atoms with van der Waals surface area (Å²) in [6, 6.07) is 3.15. The standard InChI is InChI=1S/C13H16ClF/c1-8-5-11(15)6-9(2)13(8)12(14)7-10-3-4-10/h5-6,10,12H,3-4,7H2,1-2H3. The molecule has 0 bridgehead atoms. The fourth-order valence-corrected chi connectivity index (χ4v) is 2.78. The lowest BCUT2D eigenvalue weighted by Gasteiger charge is -2.15. The second-order valence-electron chi connectivity index (χ2n) is 4.60. The molecule has 0 N–H and O–H groups in total. The average molecular weight is 227 g/mol. The van der Waals surface area contributed by atoms with Crippen LogP contribution >= 0.6 is 11.6 Å². The normalized spacial score (nSPS) is 17.9. The second-order valence-corrected chi connectivity index (χ2v) is 5.13. The molecule has 82 valence electrons. The van der Waals surface area contributed by atoms with Gasteiger partial charge in [-0.1, -0.05) is 12.8 Å². The highest BCUT2D eigenvalue weighted by atomic mass is 35.5. The van der Waals surface area contributed by atoms with Crippen LogP contribution in [0.25, 0.3) is 0 Å². The number of halogens is 2. The van der Waals surface area contributed by atoms with Crippen molar-refractivity contribution >= 4 is 11.6 Å². The van der Waals surface area contributed by atoms with E-state index in [2.05, 4.69) is 0 Å². The Labute approximate surface area is 95.4 Å². The molecule has 0 nitrogen and oxygen atoms in total. The first-order valence-electron chi connectivity index (χ1n) is 5.48. The van der Waals surface area contributed by atoms with Crippen LogP contribution in [0.1, 0.15) is 41.3 Å². The van der Waals surface area contributed by atoms with Crippen molar-refractivity contribution in [2.75, 3.05) is 0 Å². The number of rotatable bonds is 3. The van der Waals surface area contributed by atoms with Crippen LogP contribution in [0.3, 0.4) is 0 Å². The Hall–Kier alpha value is -0.560. The van der Waals surface area contributed by atoms with Gasteiger partial charge in [-0.2, -0.15) is 0 Å². The Morgan fingerprint density at radius 3 is 2.33 bits per heavy atom. The molecule has 1 fully saturated rings. The van der Waals surface area contributed by atoms with Crippen molar-refractivity contribution < 1.29 is 4.39 Å². The monoisotopic (exact) mass is 226 g/mol. The molecular formula is C13H16ClF. The molecule has 0 aromatic heterocycles. The number of aryl methyl sites for hydroxylation is 2.